The van der Waals surface area contributed by atoms with Crippen LogP contribution in [0.5, 0.6) is 0 Å². The quantitative estimate of drug-likeness (QED) is 0.0197. The van der Waals surface area contributed by atoms with Crippen LogP contribution in [0, 0.1) is 0 Å². The van der Waals surface area contributed by atoms with E-state index in [1.54, 1.807) is 0 Å². The van der Waals surface area contributed by atoms with Crippen molar-refractivity contribution < 1.29 is 52.2 Å². The van der Waals surface area contributed by atoms with Gasteiger partial charge in [0.2, 0.25) is 0 Å². The van der Waals surface area contributed by atoms with Crippen molar-refractivity contribution in [1.82, 2.24) is 0 Å². The van der Waals surface area contributed by atoms with Crippen molar-refractivity contribution in [3.8, 4) is 0 Å². The topological polar surface area (TPSA) is 155 Å². The first-order chi connectivity index (χ1) is 36.2. The lowest BCUT2D eigenvalue weighted by molar-refractivity contribution is -0.161. The van der Waals surface area contributed by atoms with Crippen molar-refractivity contribution in [2.75, 3.05) is 26.4 Å². The van der Waals surface area contributed by atoms with Gasteiger partial charge in [0.25, 0.3) is 0 Å². The van der Waals surface area contributed by atoms with Crippen LogP contribution in [-0.2, 0) is 42.2 Å². The van der Waals surface area contributed by atoms with E-state index in [2.05, 4.69) is 154 Å². The highest BCUT2D eigenvalue weighted by Gasteiger charge is 2.28. The van der Waals surface area contributed by atoms with Crippen molar-refractivity contribution in [2.45, 2.75) is 200 Å². The van der Waals surface area contributed by atoms with Crippen molar-refractivity contribution in [1.29, 1.82) is 0 Å². The summed E-state index contributed by atoms with van der Waals surface area (Å²) in [6.45, 7) is 4.14. The Morgan fingerprint density at radius 2 is 0.676 bits per heavy atom. The number of ether oxygens (including phenoxy) is 3. The molecule has 0 aromatic heterocycles. The highest BCUT2D eigenvalue weighted by atomic mass is 31.2. The minimum atomic E-state index is -4.79. The van der Waals surface area contributed by atoms with E-state index < -0.39 is 57.8 Å². The maximum Gasteiger partial charge on any atom is 0.472 e. The third-order valence-corrected chi connectivity index (χ3v) is 11.7. The largest absolute Gasteiger partial charge is 0.472 e. The average molecular weight is 1050 g/mol. The number of rotatable bonds is 49. The number of aliphatic hydroxyl groups excluding tert-OH is 1. The molecular weight excluding hydrogens is 952 g/mol. The van der Waals surface area contributed by atoms with Crippen LogP contribution in [-0.4, -0.2) is 66.5 Å². The molecule has 0 aromatic rings. The van der Waals surface area contributed by atoms with E-state index in [-0.39, 0.29) is 25.9 Å². The molecule has 0 amide bonds. The van der Waals surface area contributed by atoms with Crippen LogP contribution in [0.3, 0.4) is 0 Å². The predicted octanol–water partition coefficient (Wildman–Crippen LogP) is 16.4. The van der Waals surface area contributed by atoms with Crippen LogP contribution in [0.4, 0.5) is 0 Å². The van der Waals surface area contributed by atoms with Gasteiger partial charge in [-0.3, -0.25) is 23.4 Å². The van der Waals surface area contributed by atoms with Crippen LogP contribution in [0.15, 0.2) is 146 Å². The van der Waals surface area contributed by atoms with E-state index in [1.165, 1.54) is 0 Å². The van der Waals surface area contributed by atoms with E-state index in [0.29, 0.717) is 25.7 Å². The number of hydrogen-bond donors (Lipinski definition) is 2. The van der Waals surface area contributed by atoms with Gasteiger partial charge in [0.15, 0.2) is 6.10 Å². The molecule has 3 atom stereocenters. The smallest absolute Gasteiger partial charge is 0.462 e. The third kappa shape index (κ3) is 52.2. The Morgan fingerprint density at radius 1 is 0.378 bits per heavy atom. The summed E-state index contributed by atoms with van der Waals surface area (Å²) >= 11 is 0. The lowest BCUT2D eigenvalue weighted by Crippen LogP contribution is -2.30. The molecule has 0 spiro atoms. The van der Waals surface area contributed by atoms with E-state index in [1.807, 2.05) is 12.2 Å². The molecule has 12 heteroatoms. The molecule has 0 fully saturated rings. The molecule has 0 bridgehead atoms. The van der Waals surface area contributed by atoms with Gasteiger partial charge in [-0.05, 0) is 128 Å². The normalized spacial score (nSPS) is 14.5. The molecule has 0 aromatic carbocycles. The Kier molecular flexibility index (Phi) is 51.2. The number of phosphoric acid groups is 1. The van der Waals surface area contributed by atoms with Gasteiger partial charge < -0.3 is 24.2 Å². The SMILES string of the molecule is CC/C=C\C/C=C\C/C=C\C/C=C\C/C=C\CCCC(=O)OC(COC(=O)CCCC/C=C\C/C=C\C/C=C\C/C=C\CC)COP(=O)(O)OCC(CO)OC(=O)CCCCCCC/C=C\C/C=C\C/C=C\CC. The summed E-state index contributed by atoms with van der Waals surface area (Å²) in [4.78, 5) is 48.5. The first-order valence-electron chi connectivity index (χ1n) is 27.7. The lowest BCUT2D eigenvalue weighted by atomic mass is 10.1. The second-order valence-corrected chi connectivity index (χ2v) is 19.1. The first-order valence-corrected chi connectivity index (χ1v) is 29.2. The summed E-state index contributed by atoms with van der Waals surface area (Å²) in [5.41, 5.74) is 0. The molecule has 0 saturated heterocycles. The Morgan fingerprint density at radius 3 is 1.09 bits per heavy atom. The van der Waals surface area contributed by atoms with Crippen LogP contribution in [0.25, 0.3) is 0 Å². The molecule has 0 aliphatic heterocycles. The van der Waals surface area contributed by atoms with Crippen molar-refractivity contribution in [3.63, 3.8) is 0 Å². The van der Waals surface area contributed by atoms with Gasteiger partial charge >= 0.3 is 25.7 Å². The number of carbonyl (C=O) groups excluding carboxylic acids is 3. The number of esters is 3. The van der Waals surface area contributed by atoms with Crippen molar-refractivity contribution in [2.24, 2.45) is 0 Å². The van der Waals surface area contributed by atoms with Gasteiger partial charge in [-0.2, -0.15) is 0 Å². The van der Waals surface area contributed by atoms with Crippen molar-refractivity contribution >= 4 is 25.7 Å². The predicted molar refractivity (Wildman–Crippen MR) is 306 cm³/mol. The first kappa shape index (κ1) is 69.4. The molecule has 0 heterocycles. The number of allylic oxidation sites excluding steroid dienone is 24. The number of hydrogen-bond acceptors (Lipinski definition) is 10. The lowest BCUT2D eigenvalue weighted by Gasteiger charge is -2.21. The number of phosphoric ester groups is 1. The summed E-state index contributed by atoms with van der Waals surface area (Å²) in [7, 11) is -4.79. The standard InChI is InChI=1S/C62H97O11P/c1-4-7-10-13-16-19-22-25-28-29-32-35-38-41-44-47-50-53-62(66)73-59(55-69-60(64)51-48-45-42-39-36-33-30-26-23-20-17-14-11-8-5-2)57-71-74(67,68)70-56-58(54-63)72-61(65)52-49-46-43-40-37-34-31-27-24-21-18-15-12-9-6-3/h7-12,16-21,25-28,30-32,35-36,39,41,44,58-59,63H,4-6,13-15,22-24,29,33-34,37-38,40,42-43,45-57H2,1-3H3,(H,67,68)/b10-7-,11-8-,12-9-,19-16-,20-17-,21-18-,28-25-,30-26-,31-27-,35-32-,39-36-,44-41-. The molecule has 0 saturated carbocycles. The molecular formula is C62H97O11P. The van der Waals surface area contributed by atoms with Crippen molar-refractivity contribution in [3.05, 3.63) is 146 Å². The van der Waals surface area contributed by atoms with Gasteiger partial charge in [-0.25, -0.2) is 4.57 Å². The van der Waals surface area contributed by atoms with Crippen LogP contribution in [0.1, 0.15) is 188 Å². The van der Waals surface area contributed by atoms with Gasteiger partial charge in [0.1, 0.15) is 12.7 Å². The maximum absolute atomic E-state index is 12.9. The summed E-state index contributed by atoms with van der Waals surface area (Å²) in [5, 5.41) is 9.80. The minimum Gasteiger partial charge on any atom is -0.462 e. The zero-order valence-corrected chi connectivity index (χ0v) is 46.6. The Balaban J connectivity index is 4.91. The Hall–Kier alpha value is -4.64. The average Bonchev–Trinajstić information content (AvgIpc) is 3.39. The minimum absolute atomic E-state index is 0.0701. The molecule has 3 unspecified atom stereocenters. The molecule has 74 heavy (non-hydrogen) atoms. The van der Waals surface area contributed by atoms with Crippen LogP contribution in [0.2, 0.25) is 0 Å². The van der Waals surface area contributed by atoms with Crippen LogP contribution < -0.4 is 0 Å². The molecule has 2 N–H and O–H groups in total. The van der Waals surface area contributed by atoms with Crippen LogP contribution >= 0.6 is 7.82 Å². The van der Waals surface area contributed by atoms with E-state index in [0.717, 1.165) is 122 Å². The highest BCUT2D eigenvalue weighted by Crippen LogP contribution is 2.43. The van der Waals surface area contributed by atoms with E-state index >= 15 is 0 Å². The summed E-state index contributed by atoms with van der Waals surface area (Å²) < 4.78 is 39.4. The molecule has 0 aliphatic carbocycles. The summed E-state index contributed by atoms with van der Waals surface area (Å²) in [5.74, 6) is -1.63. The second kappa shape index (κ2) is 54.6. The molecule has 0 aliphatic rings. The summed E-state index contributed by atoms with van der Waals surface area (Å²) in [6.07, 6.45) is 69.6. The number of aliphatic hydroxyl groups is 1. The number of unbranched alkanes of at least 4 members (excludes halogenated alkanes) is 8. The molecule has 11 nitrogen and oxygen atoms in total. The highest BCUT2D eigenvalue weighted by molar-refractivity contribution is 7.47. The zero-order chi connectivity index (χ0) is 54.1. The number of carbonyl (C=O) groups is 3. The molecule has 416 valence electrons. The maximum atomic E-state index is 12.9. The van der Waals surface area contributed by atoms with Gasteiger partial charge in [-0.1, -0.05) is 186 Å². The molecule has 0 rings (SSSR count). The van der Waals surface area contributed by atoms with Gasteiger partial charge in [0, 0.05) is 19.3 Å². The fourth-order valence-corrected chi connectivity index (χ4v) is 7.41. The molecule has 0 radical (unpaired) electrons. The van der Waals surface area contributed by atoms with Gasteiger partial charge in [-0.15, -0.1) is 0 Å². The Bertz CT molecular complexity index is 1800. The fraction of sp³-hybridized carbons (Fsp3) is 0.565. The monoisotopic (exact) mass is 1050 g/mol. The Labute approximate surface area is 448 Å². The summed E-state index contributed by atoms with van der Waals surface area (Å²) in [6, 6.07) is 0. The van der Waals surface area contributed by atoms with E-state index in [9.17, 15) is 28.9 Å². The van der Waals surface area contributed by atoms with E-state index in [4.69, 9.17) is 23.3 Å². The fourth-order valence-electron chi connectivity index (χ4n) is 6.63. The zero-order valence-electron chi connectivity index (χ0n) is 45.7. The van der Waals surface area contributed by atoms with Gasteiger partial charge in [0.05, 0.1) is 19.8 Å². The second-order valence-electron chi connectivity index (χ2n) is 17.6. The third-order valence-electron chi connectivity index (χ3n) is 10.7.